The maximum atomic E-state index is 5.91. The van der Waals surface area contributed by atoms with Crippen molar-refractivity contribution in [2.24, 2.45) is 0 Å². The fraction of sp³-hybridized carbons (Fsp3) is 0.357. The number of anilines is 2. The van der Waals surface area contributed by atoms with E-state index >= 15 is 0 Å². The van der Waals surface area contributed by atoms with Gasteiger partial charge in [0.25, 0.3) is 0 Å². The molecule has 2 aromatic rings. The maximum Gasteiger partial charge on any atom is 0.0727 e. The molecular weight excluding hydrogens is 242 g/mol. The summed E-state index contributed by atoms with van der Waals surface area (Å²) in [7, 11) is 0. The smallest absolute Gasteiger partial charge is 0.0727 e. The Kier molecular flexibility index (Phi) is 3.04. The number of rotatable bonds is 1. The van der Waals surface area contributed by atoms with Gasteiger partial charge in [0.1, 0.15) is 0 Å². The minimum Gasteiger partial charge on any atom is -0.399 e. The van der Waals surface area contributed by atoms with Crippen LogP contribution in [0.1, 0.15) is 5.69 Å². The van der Waals surface area contributed by atoms with E-state index in [0.29, 0.717) is 0 Å². The van der Waals surface area contributed by atoms with Crippen molar-refractivity contribution >= 4 is 34.0 Å². The van der Waals surface area contributed by atoms with Crippen LogP contribution < -0.4 is 10.6 Å². The van der Waals surface area contributed by atoms with Gasteiger partial charge in [-0.25, -0.2) is 0 Å². The number of aryl methyl sites for hydroxylation is 1. The van der Waals surface area contributed by atoms with Crippen molar-refractivity contribution in [1.82, 2.24) is 4.98 Å². The summed E-state index contributed by atoms with van der Waals surface area (Å²) >= 11 is 2.02. The third-order valence-electron chi connectivity index (χ3n) is 3.29. The molecule has 1 aliphatic heterocycles. The fourth-order valence-electron chi connectivity index (χ4n) is 2.42. The zero-order valence-electron chi connectivity index (χ0n) is 10.5. The van der Waals surface area contributed by atoms with Crippen LogP contribution in [0.2, 0.25) is 0 Å². The summed E-state index contributed by atoms with van der Waals surface area (Å²) in [5, 5.41) is 1.17. The first-order chi connectivity index (χ1) is 8.74. The lowest BCUT2D eigenvalue weighted by Crippen LogP contribution is -2.32. The first kappa shape index (κ1) is 11.7. The SMILES string of the molecule is Cc1cc(N2CCSCC2)c2cc(N)ccc2n1. The van der Waals surface area contributed by atoms with Crippen molar-refractivity contribution in [2.45, 2.75) is 6.92 Å². The molecule has 94 valence electrons. The van der Waals surface area contributed by atoms with E-state index in [9.17, 15) is 0 Å². The Hall–Kier alpha value is -1.42. The van der Waals surface area contributed by atoms with E-state index in [4.69, 9.17) is 5.73 Å². The van der Waals surface area contributed by atoms with Gasteiger partial charge >= 0.3 is 0 Å². The van der Waals surface area contributed by atoms with Crippen LogP contribution in [0.4, 0.5) is 11.4 Å². The van der Waals surface area contributed by atoms with Crippen molar-refractivity contribution in [3.8, 4) is 0 Å². The van der Waals surface area contributed by atoms with Gasteiger partial charge in [-0.3, -0.25) is 4.98 Å². The molecule has 3 rings (SSSR count). The summed E-state index contributed by atoms with van der Waals surface area (Å²) in [6.45, 7) is 4.27. The first-order valence-corrected chi connectivity index (χ1v) is 7.39. The number of hydrogen-bond acceptors (Lipinski definition) is 4. The summed E-state index contributed by atoms with van der Waals surface area (Å²) in [6, 6.07) is 8.15. The molecule has 18 heavy (non-hydrogen) atoms. The van der Waals surface area contributed by atoms with E-state index in [2.05, 4.69) is 22.9 Å². The number of nitrogens with two attached hydrogens (primary N) is 1. The van der Waals surface area contributed by atoms with E-state index in [1.165, 1.54) is 22.6 Å². The number of nitrogen functional groups attached to an aromatic ring is 1. The van der Waals surface area contributed by atoms with E-state index in [0.717, 1.165) is 30.0 Å². The van der Waals surface area contributed by atoms with Gasteiger partial charge in [0.15, 0.2) is 0 Å². The van der Waals surface area contributed by atoms with E-state index in [-0.39, 0.29) is 0 Å². The maximum absolute atomic E-state index is 5.91. The first-order valence-electron chi connectivity index (χ1n) is 6.23. The molecule has 2 heterocycles. The van der Waals surface area contributed by atoms with Gasteiger partial charge in [0.05, 0.1) is 5.52 Å². The topological polar surface area (TPSA) is 42.1 Å². The third kappa shape index (κ3) is 2.12. The van der Waals surface area contributed by atoms with E-state index in [1.807, 2.05) is 30.0 Å². The highest BCUT2D eigenvalue weighted by molar-refractivity contribution is 7.99. The molecule has 0 bridgehead atoms. The highest BCUT2D eigenvalue weighted by Crippen LogP contribution is 2.30. The molecule has 1 aromatic carbocycles. The highest BCUT2D eigenvalue weighted by atomic mass is 32.2. The van der Waals surface area contributed by atoms with Crippen LogP contribution in [0, 0.1) is 6.92 Å². The van der Waals surface area contributed by atoms with Gasteiger partial charge in [0.2, 0.25) is 0 Å². The lowest BCUT2D eigenvalue weighted by atomic mass is 10.1. The average Bonchev–Trinajstić information content (AvgIpc) is 2.39. The monoisotopic (exact) mass is 259 g/mol. The lowest BCUT2D eigenvalue weighted by Gasteiger charge is -2.29. The third-order valence-corrected chi connectivity index (χ3v) is 4.23. The molecular formula is C14H17N3S. The van der Waals surface area contributed by atoms with Gasteiger partial charge in [-0.05, 0) is 31.2 Å². The Bertz CT molecular complexity index is 577. The normalized spacial score (nSPS) is 16.2. The zero-order chi connectivity index (χ0) is 12.5. The van der Waals surface area contributed by atoms with Crippen molar-refractivity contribution in [3.63, 3.8) is 0 Å². The molecule has 0 unspecified atom stereocenters. The predicted octanol–water partition coefficient (Wildman–Crippen LogP) is 2.68. The Morgan fingerprint density at radius 2 is 2.00 bits per heavy atom. The minimum atomic E-state index is 0.806. The Balaban J connectivity index is 2.16. The number of hydrogen-bond donors (Lipinski definition) is 1. The Labute approximate surface area is 111 Å². The number of fused-ring (bicyclic) bond motifs is 1. The van der Waals surface area contributed by atoms with Crippen LogP contribution in [0.3, 0.4) is 0 Å². The van der Waals surface area contributed by atoms with Crippen LogP contribution in [0.5, 0.6) is 0 Å². The molecule has 0 radical (unpaired) electrons. The number of nitrogens with zero attached hydrogens (tertiary/aromatic N) is 2. The van der Waals surface area contributed by atoms with Crippen LogP contribution in [0.15, 0.2) is 24.3 Å². The fourth-order valence-corrected chi connectivity index (χ4v) is 3.32. The molecule has 0 aliphatic carbocycles. The summed E-state index contributed by atoms with van der Waals surface area (Å²) in [4.78, 5) is 7.04. The molecule has 1 aromatic heterocycles. The molecule has 0 atom stereocenters. The molecule has 0 amide bonds. The van der Waals surface area contributed by atoms with Gasteiger partial charge in [-0.1, -0.05) is 0 Å². The zero-order valence-corrected chi connectivity index (χ0v) is 11.3. The Morgan fingerprint density at radius 1 is 1.22 bits per heavy atom. The number of thioether (sulfide) groups is 1. The molecule has 0 spiro atoms. The second kappa shape index (κ2) is 4.69. The highest BCUT2D eigenvalue weighted by Gasteiger charge is 2.15. The standard InChI is InChI=1S/C14H17N3S/c1-10-8-14(17-4-6-18-7-5-17)12-9-11(15)2-3-13(12)16-10/h2-3,8-9H,4-7,15H2,1H3. The molecule has 3 nitrogen and oxygen atoms in total. The number of pyridine rings is 1. The summed E-state index contributed by atoms with van der Waals surface area (Å²) in [5.74, 6) is 2.40. The second-order valence-corrected chi connectivity index (χ2v) is 5.88. The second-order valence-electron chi connectivity index (χ2n) is 4.66. The molecule has 1 aliphatic rings. The molecule has 1 saturated heterocycles. The van der Waals surface area contributed by atoms with Crippen LogP contribution in [-0.2, 0) is 0 Å². The molecule has 1 fully saturated rings. The van der Waals surface area contributed by atoms with Crippen molar-refractivity contribution in [1.29, 1.82) is 0 Å². The minimum absolute atomic E-state index is 0.806. The van der Waals surface area contributed by atoms with Gasteiger partial charge < -0.3 is 10.6 Å². The van der Waals surface area contributed by atoms with Gasteiger partial charge in [-0.15, -0.1) is 0 Å². The van der Waals surface area contributed by atoms with E-state index in [1.54, 1.807) is 0 Å². The van der Waals surface area contributed by atoms with Crippen molar-refractivity contribution in [3.05, 3.63) is 30.0 Å². The largest absolute Gasteiger partial charge is 0.399 e. The lowest BCUT2D eigenvalue weighted by molar-refractivity contribution is 0.861. The molecule has 4 heteroatoms. The Morgan fingerprint density at radius 3 is 2.78 bits per heavy atom. The van der Waals surface area contributed by atoms with Gasteiger partial charge in [-0.2, -0.15) is 11.8 Å². The molecule has 2 N–H and O–H groups in total. The van der Waals surface area contributed by atoms with Crippen molar-refractivity contribution in [2.75, 3.05) is 35.2 Å². The van der Waals surface area contributed by atoms with Crippen LogP contribution in [0.25, 0.3) is 10.9 Å². The summed E-state index contributed by atoms with van der Waals surface area (Å²) < 4.78 is 0. The van der Waals surface area contributed by atoms with Crippen LogP contribution >= 0.6 is 11.8 Å². The predicted molar refractivity (Wildman–Crippen MR) is 80.4 cm³/mol. The van der Waals surface area contributed by atoms with Gasteiger partial charge in [0, 0.05) is 47.1 Å². The number of benzene rings is 1. The quantitative estimate of drug-likeness (QED) is 0.800. The van der Waals surface area contributed by atoms with Crippen molar-refractivity contribution < 1.29 is 0 Å². The van der Waals surface area contributed by atoms with Crippen LogP contribution in [-0.4, -0.2) is 29.6 Å². The average molecular weight is 259 g/mol. The number of aromatic nitrogens is 1. The summed E-state index contributed by atoms with van der Waals surface area (Å²) in [6.07, 6.45) is 0. The summed E-state index contributed by atoms with van der Waals surface area (Å²) in [5.41, 5.74) is 10.1. The molecule has 0 saturated carbocycles. The van der Waals surface area contributed by atoms with E-state index < -0.39 is 0 Å².